The predicted octanol–water partition coefficient (Wildman–Crippen LogP) is 3.62. The van der Waals surface area contributed by atoms with Gasteiger partial charge in [0, 0.05) is 6.20 Å². The summed E-state index contributed by atoms with van der Waals surface area (Å²) >= 11 is 5.64. The topological polar surface area (TPSA) is 68.3 Å². The van der Waals surface area contributed by atoms with Crippen LogP contribution in [-0.4, -0.2) is 23.5 Å². The van der Waals surface area contributed by atoms with E-state index in [0.717, 1.165) is 0 Å². The van der Waals surface area contributed by atoms with Crippen molar-refractivity contribution < 1.29 is 31.9 Å². The van der Waals surface area contributed by atoms with Gasteiger partial charge >= 0.3 is 12.1 Å². The number of carbonyl (C=O) groups is 2. The van der Waals surface area contributed by atoms with E-state index in [0.29, 0.717) is 12.3 Å². The highest BCUT2D eigenvalue weighted by Crippen LogP contribution is 2.32. The molecular formula is C16H11ClF4N2O3. The molecule has 0 spiro atoms. The molecule has 10 heteroatoms. The number of alkyl halides is 3. The summed E-state index contributed by atoms with van der Waals surface area (Å²) in [4.78, 5) is 26.7. The largest absolute Gasteiger partial charge is 0.455 e. The number of hydrogen-bond acceptors (Lipinski definition) is 4. The first-order chi connectivity index (χ1) is 12.2. The Bertz CT molecular complexity index is 827. The summed E-state index contributed by atoms with van der Waals surface area (Å²) in [5, 5.41) is 1.69. The second-order valence-corrected chi connectivity index (χ2v) is 5.44. The Morgan fingerprint density at radius 1 is 1.23 bits per heavy atom. The van der Waals surface area contributed by atoms with E-state index >= 15 is 0 Å². The number of halogens is 5. The Balaban J connectivity index is 1.89. The van der Waals surface area contributed by atoms with Gasteiger partial charge in [-0.1, -0.05) is 29.8 Å². The summed E-state index contributed by atoms with van der Waals surface area (Å²) < 4.78 is 55.6. The molecule has 1 aromatic heterocycles. The van der Waals surface area contributed by atoms with Crippen LogP contribution >= 0.6 is 11.6 Å². The van der Waals surface area contributed by atoms with Crippen LogP contribution in [-0.2, 0) is 26.9 Å². The van der Waals surface area contributed by atoms with Crippen LogP contribution in [0, 0.1) is 5.82 Å². The molecule has 0 unspecified atom stereocenters. The van der Waals surface area contributed by atoms with Gasteiger partial charge in [-0.2, -0.15) is 13.2 Å². The second-order valence-electron chi connectivity index (χ2n) is 5.03. The van der Waals surface area contributed by atoms with Crippen molar-refractivity contribution in [1.82, 2.24) is 4.98 Å². The SMILES string of the molecule is O=C(COC(=O)Cc1ccccc1F)Nc1ncc(C(F)(F)F)cc1Cl. The normalized spacial score (nSPS) is 11.1. The zero-order chi connectivity index (χ0) is 19.3. The Morgan fingerprint density at radius 2 is 1.92 bits per heavy atom. The lowest BCUT2D eigenvalue weighted by molar-refractivity contribution is -0.146. The highest BCUT2D eigenvalue weighted by atomic mass is 35.5. The van der Waals surface area contributed by atoms with Gasteiger partial charge in [0.1, 0.15) is 5.82 Å². The van der Waals surface area contributed by atoms with Crippen LogP contribution in [0.4, 0.5) is 23.4 Å². The molecule has 0 atom stereocenters. The fourth-order valence-corrected chi connectivity index (χ4v) is 2.06. The third-order valence-corrected chi connectivity index (χ3v) is 3.37. The monoisotopic (exact) mass is 390 g/mol. The summed E-state index contributed by atoms with van der Waals surface area (Å²) in [6, 6.07) is 6.17. The summed E-state index contributed by atoms with van der Waals surface area (Å²) in [5.74, 6) is -2.61. The molecule has 1 heterocycles. The quantitative estimate of drug-likeness (QED) is 0.625. The maximum absolute atomic E-state index is 13.4. The molecule has 26 heavy (non-hydrogen) atoms. The van der Waals surface area contributed by atoms with E-state index in [-0.39, 0.29) is 17.8 Å². The summed E-state index contributed by atoms with van der Waals surface area (Å²) in [6.07, 6.45) is -4.49. The van der Waals surface area contributed by atoms with Crippen molar-refractivity contribution in [2.24, 2.45) is 0 Å². The number of nitrogens with one attached hydrogen (secondary N) is 1. The molecular weight excluding hydrogens is 380 g/mol. The van der Waals surface area contributed by atoms with Crippen LogP contribution in [0.15, 0.2) is 36.5 Å². The van der Waals surface area contributed by atoms with E-state index in [9.17, 15) is 27.2 Å². The fraction of sp³-hybridized carbons (Fsp3) is 0.188. The molecule has 0 aliphatic heterocycles. The molecule has 0 saturated heterocycles. The highest BCUT2D eigenvalue weighted by Gasteiger charge is 2.31. The van der Waals surface area contributed by atoms with Crippen molar-refractivity contribution in [2.45, 2.75) is 12.6 Å². The van der Waals surface area contributed by atoms with Crippen LogP contribution in [0.25, 0.3) is 0 Å². The average Bonchev–Trinajstić information content (AvgIpc) is 2.56. The van der Waals surface area contributed by atoms with Crippen molar-refractivity contribution in [3.8, 4) is 0 Å². The number of benzene rings is 1. The van der Waals surface area contributed by atoms with Crippen molar-refractivity contribution in [3.63, 3.8) is 0 Å². The van der Waals surface area contributed by atoms with Crippen LogP contribution in [0.2, 0.25) is 5.02 Å². The van der Waals surface area contributed by atoms with Crippen molar-refractivity contribution in [2.75, 3.05) is 11.9 Å². The first kappa shape index (κ1) is 19.6. The number of aromatic nitrogens is 1. The molecule has 0 saturated carbocycles. The lowest BCUT2D eigenvalue weighted by atomic mass is 10.1. The minimum absolute atomic E-state index is 0.102. The van der Waals surface area contributed by atoms with Crippen molar-refractivity contribution in [3.05, 3.63) is 58.5 Å². The summed E-state index contributed by atoms with van der Waals surface area (Å²) in [6.45, 7) is -0.730. The van der Waals surface area contributed by atoms with E-state index in [2.05, 4.69) is 15.0 Å². The zero-order valence-corrected chi connectivity index (χ0v) is 13.7. The number of ether oxygens (including phenoxy) is 1. The van der Waals surface area contributed by atoms with Crippen molar-refractivity contribution >= 4 is 29.3 Å². The molecule has 1 N–H and O–H groups in total. The first-order valence-corrected chi connectivity index (χ1v) is 7.46. The van der Waals surface area contributed by atoms with Gasteiger partial charge in [0.25, 0.3) is 5.91 Å². The molecule has 0 aliphatic rings. The lowest BCUT2D eigenvalue weighted by Crippen LogP contribution is -2.22. The second kappa shape index (κ2) is 8.13. The third kappa shape index (κ3) is 5.41. The van der Waals surface area contributed by atoms with Crippen LogP contribution < -0.4 is 5.32 Å². The molecule has 138 valence electrons. The van der Waals surface area contributed by atoms with Crippen LogP contribution in [0.3, 0.4) is 0 Å². The number of hydrogen-bond donors (Lipinski definition) is 1. The number of anilines is 1. The predicted molar refractivity (Wildman–Crippen MR) is 83.9 cm³/mol. The minimum atomic E-state index is -4.62. The van der Waals surface area contributed by atoms with Crippen LogP contribution in [0.5, 0.6) is 0 Å². The Labute approximate surface area is 149 Å². The van der Waals surface area contributed by atoms with Gasteiger partial charge in [-0.05, 0) is 17.7 Å². The zero-order valence-electron chi connectivity index (χ0n) is 12.9. The van der Waals surface area contributed by atoms with Gasteiger partial charge in [0.15, 0.2) is 12.4 Å². The summed E-state index contributed by atoms with van der Waals surface area (Å²) in [7, 11) is 0. The molecule has 0 bridgehead atoms. The molecule has 0 radical (unpaired) electrons. The maximum atomic E-state index is 13.4. The van der Waals surface area contributed by atoms with E-state index in [1.807, 2.05) is 0 Å². The van der Waals surface area contributed by atoms with Gasteiger partial charge in [-0.3, -0.25) is 9.59 Å². The Hall–Kier alpha value is -2.68. The molecule has 2 aromatic rings. The number of esters is 1. The lowest BCUT2D eigenvalue weighted by Gasteiger charge is -2.10. The number of rotatable bonds is 5. The molecule has 2 rings (SSSR count). The number of carbonyl (C=O) groups excluding carboxylic acids is 2. The number of amides is 1. The molecule has 5 nitrogen and oxygen atoms in total. The van der Waals surface area contributed by atoms with Gasteiger partial charge < -0.3 is 10.1 Å². The van der Waals surface area contributed by atoms with Gasteiger partial charge in [0.2, 0.25) is 0 Å². The Kier molecular flexibility index (Phi) is 6.14. The summed E-state index contributed by atoms with van der Waals surface area (Å²) in [5.41, 5.74) is -0.970. The molecule has 0 aliphatic carbocycles. The number of nitrogens with zero attached hydrogens (tertiary/aromatic N) is 1. The van der Waals surface area contributed by atoms with Gasteiger partial charge in [-0.25, -0.2) is 9.37 Å². The first-order valence-electron chi connectivity index (χ1n) is 7.08. The maximum Gasteiger partial charge on any atom is 0.417 e. The average molecular weight is 391 g/mol. The van der Waals surface area contributed by atoms with Gasteiger partial charge in [-0.15, -0.1) is 0 Å². The number of pyridine rings is 1. The van der Waals surface area contributed by atoms with E-state index in [1.54, 1.807) is 0 Å². The molecule has 0 fully saturated rings. The highest BCUT2D eigenvalue weighted by molar-refractivity contribution is 6.33. The third-order valence-electron chi connectivity index (χ3n) is 3.08. The van der Waals surface area contributed by atoms with Crippen molar-refractivity contribution in [1.29, 1.82) is 0 Å². The van der Waals surface area contributed by atoms with E-state index < -0.39 is 41.1 Å². The standard InChI is InChI=1S/C16H11ClF4N2O3/c17-11-6-10(16(19,20)21)7-22-15(11)23-13(24)8-26-14(25)5-9-3-1-2-4-12(9)18/h1-4,6-7H,5,8H2,(H,22,23,24). The molecule has 1 amide bonds. The van der Waals surface area contributed by atoms with Gasteiger partial charge in [0.05, 0.1) is 17.0 Å². The molecule has 1 aromatic carbocycles. The Morgan fingerprint density at radius 3 is 2.54 bits per heavy atom. The van der Waals surface area contributed by atoms with E-state index in [1.165, 1.54) is 24.3 Å². The minimum Gasteiger partial charge on any atom is -0.455 e. The van der Waals surface area contributed by atoms with E-state index in [4.69, 9.17) is 11.6 Å². The smallest absolute Gasteiger partial charge is 0.417 e. The van der Waals surface area contributed by atoms with Crippen LogP contribution in [0.1, 0.15) is 11.1 Å². The fourth-order valence-electron chi connectivity index (χ4n) is 1.85.